The highest BCUT2D eigenvalue weighted by molar-refractivity contribution is 5.48. The van der Waals surface area contributed by atoms with Crippen molar-refractivity contribution in [2.75, 3.05) is 6.67 Å². The van der Waals surface area contributed by atoms with Gasteiger partial charge in [-0.25, -0.2) is 0 Å². The van der Waals surface area contributed by atoms with E-state index in [0.717, 1.165) is 6.67 Å². The number of halogens is 1. The van der Waals surface area contributed by atoms with E-state index in [1.54, 1.807) is 0 Å². The molecule has 0 bridgehead atoms. The van der Waals surface area contributed by atoms with Gasteiger partial charge in [-0.05, 0) is 20.8 Å². The second kappa shape index (κ2) is 4.69. The van der Waals surface area contributed by atoms with Gasteiger partial charge >= 0.3 is 0 Å². The second-order valence-corrected chi connectivity index (χ2v) is 4.01. The van der Waals surface area contributed by atoms with Crippen LogP contribution < -0.4 is 22.6 Å². The summed E-state index contributed by atoms with van der Waals surface area (Å²) in [5.74, 6) is 0. The van der Waals surface area contributed by atoms with E-state index in [0.29, 0.717) is 0 Å². The van der Waals surface area contributed by atoms with E-state index < -0.39 is 0 Å². The maximum Gasteiger partial charge on any atom is 0.159 e. The van der Waals surface area contributed by atoms with Crippen molar-refractivity contribution in [3.8, 4) is 0 Å². The Labute approximate surface area is 97.4 Å². The average molecular weight is 225 g/mol. The Morgan fingerprint density at radius 2 is 1.73 bits per heavy atom. The Morgan fingerprint density at radius 1 is 1.13 bits per heavy atom. The minimum absolute atomic E-state index is 0. The third kappa shape index (κ3) is 2.33. The molecule has 2 N–H and O–H groups in total. The van der Waals surface area contributed by atoms with Crippen molar-refractivity contribution in [3.63, 3.8) is 0 Å². The van der Waals surface area contributed by atoms with Crippen molar-refractivity contribution in [1.82, 2.24) is 5.32 Å². The molecule has 0 amide bonds. The van der Waals surface area contributed by atoms with Gasteiger partial charge in [0.25, 0.3) is 0 Å². The zero-order chi connectivity index (χ0) is 10.1. The van der Waals surface area contributed by atoms with E-state index >= 15 is 0 Å². The summed E-state index contributed by atoms with van der Waals surface area (Å²) in [6, 6.07) is 4.50. The van der Waals surface area contributed by atoms with Crippen LogP contribution in [0.5, 0.6) is 0 Å². The van der Waals surface area contributed by atoms with Crippen LogP contribution in [0, 0.1) is 20.8 Å². The van der Waals surface area contributed by atoms with Gasteiger partial charge in [0.1, 0.15) is 11.9 Å². The highest BCUT2D eigenvalue weighted by Crippen LogP contribution is 2.18. The summed E-state index contributed by atoms with van der Waals surface area (Å²) in [7, 11) is 0. The van der Waals surface area contributed by atoms with Crippen molar-refractivity contribution in [2.24, 2.45) is 0 Å². The molecule has 0 aromatic heterocycles. The molecular weight excluding hydrogens is 208 g/mol. The van der Waals surface area contributed by atoms with Gasteiger partial charge in [-0.3, -0.25) is 4.90 Å². The standard InChI is InChI=1S/C12H16N2.ClH/c1-9-6-10(2)12(11(3)7-9)14-5-4-13-8-14;/h4-7,13H,8H2,1-3H3;1H. The molecule has 0 saturated heterocycles. The summed E-state index contributed by atoms with van der Waals surface area (Å²) in [5.41, 5.74) is 5.52. The van der Waals surface area contributed by atoms with Gasteiger partial charge in [-0.15, -0.1) is 0 Å². The first-order valence-electron chi connectivity index (χ1n) is 5.02. The zero-order valence-corrected chi connectivity index (χ0v) is 10.2. The molecule has 2 rings (SSSR count). The molecule has 1 aliphatic heterocycles. The van der Waals surface area contributed by atoms with E-state index in [1.165, 1.54) is 27.3 Å². The molecule has 1 atom stereocenters. The number of nitrogens with one attached hydrogen (secondary N) is 2. The molecule has 1 unspecified atom stereocenters. The predicted molar refractivity (Wildman–Crippen MR) is 58.4 cm³/mol. The molecule has 1 aromatic carbocycles. The van der Waals surface area contributed by atoms with Crippen LogP contribution in [0.1, 0.15) is 16.7 Å². The van der Waals surface area contributed by atoms with Gasteiger partial charge in [0, 0.05) is 11.1 Å². The van der Waals surface area contributed by atoms with Gasteiger partial charge in [0.05, 0.1) is 6.20 Å². The molecule has 15 heavy (non-hydrogen) atoms. The van der Waals surface area contributed by atoms with Crippen LogP contribution in [0.2, 0.25) is 0 Å². The van der Waals surface area contributed by atoms with Gasteiger partial charge in [0.2, 0.25) is 0 Å². The summed E-state index contributed by atoms with van der Waals surface area (Å²) >= 11 is 0. The normalized spacial score (nSPS) is 18.5. The van der Waals surface area contributed by atoms with Crippen LogP contribution in [0.15, 0.2) is 24.5 Å². The average Bonchev–Trinajstić information content (AvgIpc) is 2.54. The largest absolute Gasteiger partial charge is 1.00 e. The fraction of sp³-hybridized carbons (Fsp3) is 0.333. The molecule has 82 valence electrons. The summed E-state index contributed by atoms with van der Waals surface area (Å²) in [6.07, 6.45) is 4.19. The Kier molecular flexibility index (Phi) is 3.77. The first-order valence-corrected chi connectivity index (χ1v) is 5.02. The second-order valence-electron chi connectivity index (χ2n) is 4.01. The van der Waals surface area contributed by atoms with Crippen molar-refractivity contribution in [2.45, 2.75) is 20.8 Å². The number of hydrogen-bond acceptors (Lipinski definition) is 1. The van der Waals surface area contributed by atoms with Crippen LogP contribution in [0.25, 0.3) is 0 Å². The molecule has 1 aromatic rings. The van der Waals surface area contributed by atoms with E-state index in [9.17, 15) is 0 Å². The van der Waals surface area contributed by atoms with Crippen LogP contribution in [0.3, 0.4) is 0 Å². The first kappa shape index (κ1) is 12.1. The lowest BCUT2D eigenvalue weighted by molar-refractivity contribution is -0.771. The fourth-order valence-corrected chi connectivity index (χ4v) is 2.25. The zero-order valence-electron chi connectivity index (χ0n) is 9.39. The van der Waals surface area contributed by atoms with Gasteiger partial charge in [0.15, 0.2) is 6.67 Å². The molecular formula is C12H17ClN2. The lowest BCUT2D eigenvalue weighted by Crippen LogP contribution is -3.02. The summed E-state index contributed by atoms with van der Waals surface area (Å²) in [5, 5.41) is 3.22. The maximum atomic E-state index is 3.22. The molecule has 0 saturated carbocycles. The van der Waals surface area contributed by atoms with Crippen LogP contribution >= 0.6 is 0 Å². The van der Waals surface area contributed by atoms with Gasteiger partial charge in [-0.2, -0.15) is 0 Å². The van der Waals surface area contributed by atoms with E-state index in [4.69, 9.17) is 0 Å². The lowest BCUT2D eigenvalue weighted by Gasteiger charge is -2.15. The maximum absolute atomic E-state index is 3.22. The molecule has 0 aliphatic carbocycles. The predicted octanol–water partition coefficient (Wildman–Crippen LogP) is -1.84. The Morgan fingerprint density at radius 3 is 2.20 bits per heavy atom. The number of hydrogen-bond donors (Lipinski definition) is 2. The topological polar surface area (TPSA) is 16.5 Å². The molecule has 0 spiro atoms. The molecule has 1 aliphatic rings. The monoisotopic (exact) mass is 224 g/mol. The highest BCUT2D eigenvalue weighted by atomic mass is 35.5. The number of aryl methyl sites for hydroxylation is 3. The fourth-order valence-electron chi connectivity index (χ4n) is 2.25. The SMILES string of the molecule is Cc1cc(C)c([NH+]2C=CNC2)c(C)c1.[Cl-]. The van der Waals surface area contributed by atoms with Crippen molar-refractivity contribution >= 4 is 5.69 Å². The number of quaternary nitrogens is 1. The number of rotatable bonds is 1. The Hall–Kier alpha value is -0.990. The van der Waals surface area contributed by atoms with E-state index in [1.807, 2.05) is 6.20 Å². The summed E-state index contributed by atoms with van der Waals surface area (Å²) < 4.78 is 0. The minimum Gasteiger partial charge on any atom is -1.00 e. The van der Waals surface area contributed by atoms with Gasteiger partial charge < -0.3 is 17.7 Å². The molecule has 1 heterocycles. The molecule has 0 radical (unpaired) electrons. The van der Waals surface area contributed by atoms with Crippen LogP contribution in [0.4, 0.5) is 5.69 Å². The minimum atomic E-state index is 0. The van der Waals surface area contributed by atoms with Crippen LogP contribution in [-0.2, 0) is 0 Å². The smallest absolute Gasteiger partial charge is 0.159 e. The first-order chi connectivity index (χ1) is 6.68. The third-order valence-electron chi connectivity index (χ3n) is 2.69. The van der Waals surface area contributed by atoms with Crippen LogP contribution in [-0.4, -0.2) is 6.67 Å². The van der Waals surface area contributed by atoms with E-state index in [2.05, 4.69) is 44.4 Å². The molecule has 2 nitrogen and oxygen atoms in total. The lowest BCUT2D eigenvalue weighted by atomic mass is 10.0. The quantitative estimate of drug-likeness (QED) is 0.574. The third-order valence-corrected chi connectivity index (χ3v) is 2.69. The highest BCUT2D eigenvalue weighted by Gasteiger charge is 2.17. The Balaban J connectivity index is 0.00000112. The van der Waals surface area contributed by atoms with Crippen molar-refractivity contribution < 1.29 is 17.3 Å². The molecule has 0 fully saturated rings. The van der Waals surface area contributed by atoms with E-state index in [-0.39, 0.29) is 12.4 Å². The molecule has 3 heteroatoms. The number of benzene rings is 1. The van der Waals surface area contributed by atoms with Gasteiger partial charge in [-0.1, -0.05) is 17.7 Å². The summed E-state index contributed by atoms with van der Waals surface area (Å²) in [4.78, 5) is 1.40. The van der Waals surface area contributed by atoms with Crippen molar-refractivity contribution in [1.29, 1.82) is 0 Å². The summed E-state index contributed by atoms with van der Waals surface area (Å²) in [6.45, 7) is 7.49. The Bertz CT molecular complexity index is 362. The van der Waals surface area contributed by atoms with Crippen molar-refractivity contribution in [3.05, 3.63) is 41.2 Å².